The van der Waals surface area contributed by atoms with Crippen LogP contribution in [-0.4, -0.2) is 11.9 Å². The van der Waals surface area contributed by atoms with Gasteiger partial charge in [-0.25, -0.2) is 0 Å². The number of hydrogen-bond acceptors (Lipinski definition) is 1. The van der Waals surface area contributed by atoms with Gasteiger partial charge in [-0.3, -0.25) is 4.79 Å². The molecule has 0 aliphatic heterocycles. The van der Waals surface area contributed by atoms with Crippen LogP contribution in [0.15, 0.2) is 0 Å². The smallest absolute Gasteiger partial charge is 0.225 e. The van der Waals surface area contributed by atoms with Crippen LogP contribution in [0.25, 0.3) is 0 Å². The average Bonchev–Trinajstić information content (AvgIpc) is 1.79. The first-order valence-corrected chi connectivity index (χ1v) is 5.22. The molecule has 2 nitrogen and oxygen atoms in total. The molecule has 1 aliphatic carbocycles. The topological polar surface area (TPSA) is 29.1 Å². The van der Waals surface area contributed by atoms with E-state index < -0.39 is 0 Å². The third-order valence-electron chi connectivity index (χ3n) is 2.90. The standard InChI is InChI=1S/C11H21NO/c1-8(9-6-5-7-9)12-10(13)11(2,3)4/h8-9H,5-7H2,1-4H3,(H,12,13). The van der Waals surface area contributed by atoms with E-state index in [0.717, 1.165) is 5.92 Å². The second kappa shape index (κ2) is 3.69. The second-order valence-electron chi connectivity index (χ2n) is 5.20. The monoisotopic (exact) mass is 183 g/mol. The van der Waals surface area contributed by atoms with E-state index in [2.05, 4.69) is 12.2 Å². The first-order chi connectivity index (χ1) is 5.91. The van der Waals surface area contributed by atoms with Crippen molar-refractivity contribution in [3.8, 4) is 0 Å². The Morgan fingerprint density at radius 2 is 1.92 bits per heavy atom. The van der Waals surface area contributed by atoms with Crippen molar-refractivity contribution < 1.29 is 4.79 Å². The zero-order valence-corrected chi connectivity index (χ0v) is 9.18. The maximum absolute atomic E-state index is 11.6. The molecule has 1 fully saturated rings. The van der Waals surface area contributed by atoms with Gasteiger partial charge < -0.3 is 5.32 Å². The van der Waals surface area contributed by atoms with E-state index in [0.29, 0.717) is 6.04 Å². The van der Waals surface area contributed by atoms with Crippen LogP contribution < -0.4 is 5.32 Å². The van der Waals surface area contributed by atoms with Gasteiger partial charge in [0.1, 0.15) is 0 Å². The molecule has 0 aromatic heterocycles. The van der Waals surface area contributed by atoms with E-state index in [-0.39, 0.29) is 11.3 Å². The summed E-state index contributed by atoms with van der Waals surface area (Å²) >= 11 is 0. The van der Waals surface area contributed by atoms with E-state index in [1.54, 1.807) is 0 Å². The van der Waals surface area contributed by atoms with Crippen molar-refractivity contribution in [1.29, 1.82) is 0 Å². The van der Waals surface area contributed by atoms with Crippen molar-refractivity contribution in [2.75, 3.05) is 0 Å². The minimum absolute atomic E-state index is 0.173. The molecule has 1 rings (SSSR count). The maximum Gasteiger partial charge on any atom is 0.225 e. The Balaban J connectivity index is 2.35. The SMILES string of the molecule is CC(NC(=O)C(C)(C)C)C1CCC1. The molecule has 1 atom stereocenters. The highest BCUT2D eigenvalue weighted by Crippen LogP contribution is 2.29. The lowest BCUT2D eigenvalue weighted by Gasteiger charge is -2.33. The molecular formula is C11H21NO. The summed E-state index contributed by atoms with van der Waals surface area (Å²) in [7, 11) is 0. The number of hydrogen-bond donors (Lipinski definition) is 1. The Hall–Kier alpha value is -0.530. The zero-order valence-electron chi connectivity index (χ0n) is 9.18. The van der Waals surface area contributed by atoms with Gasteiger partial charge in [0.05, 0.1) is 0 Å². The zero-order chi connectivity index (χ0) is 10.1. The van der Waals surface area contributed by atoms with Crippen molar-refractivity contribution in [3.63, 3.8) is 0 Å². The summed E-state index contributed by atoms with van der Waals surface area (Å²) in [6, 6.07) is 0.362. The van der Waals surface area contributed by atoms with Crippen LogP contribution in [0, 0.1) is 11.3 Å². The van der Waals surface area contributed by atoms with E-state index in [1.165, 1.54) is 19.3 Å². The normalized spacial score (nSPS) is 20.6. The summed E-state index contributed by atoms with van der Waals surface area (Å²) in [5.41, 5.74) is -0.252. The van der Waals surface area contributed by atoms with Gasteiger partial charge in [-0.1, -0.05) is 27.2 Å². The molecule has 1 unspecified atom stereocenters. The van der Waals surface area contributed by atoms with E-state index in [1.807, 2.05) is 20.8 Å². The molecule has 1 amide bonds. The Morgan fingerprint density at radius 1 is 1.38 bits per heavy atom. The summed E-state index contributed by atoms with van der Waals surface area (Å²) in [6.45, 7) is 7.98. The van der Waals surface area contributed by atoms with Gasteiger partial charge in [-0.05, 0) is 25.7 Å². The van der Waals surface area contributed by atoms with Crippen molar-refractivity contribution >= 4 is 5.91 Å². The Morgan fingerprint density at radius 3 is 2.23 bits per heavy atom. The van der Waals surface area contributed by atoms with Crippen LogP contribution in [0.5, 0.6) is 0 Å². The largest absolute Gasteiger partial charge is 0.353 e. The van der Waals surface area contributed by atoms with Crippen LogP contribution in [0.2, 0.25) is 0 Å². The summed E-state index contributed by atoms with van der Waals surface area (Å²) in [4.78, 5) is 11.6. The molecule has 0 radical (unpaired) electrons. The number of carbonyl (C=O) groups is 1. The van der Waals surface area contributed by atoms with Gasteiger partial charge in [0, 0.05) is 11.5 Å². The molecule has 1 N–H and O–H groups in total. The van der Waals surface area contributed by atoms with Gasteiger partial charge >= 0.3 is 0 Å². The summed E-state index contributed by atoms with van der Waals surface area (Å²) in [5.74, 6) is 0.901. The van der Waals surface area contributed by atoms with E-state index >= 15 is 0 Å². The van der Waals surface area contributed by atoms with Crippen molar-refractivity contribution in [2.45, 2.75) is 53.0 Å². The quantitative estimate of drug-likeness (QED) is 0.699. The third-order valence-corrected chi connectivity index (χ3v) is 2.90. The number of nitrogens with one attached hydrogen (secondary N) is 1. The Bertz CT molecular complexity index is 189. The molecule has 13 heavy (non-hydrogen) atoms. The predicted octanol–water partition coefficient (Wildman–Crippen LogP) is 2.34. The Kier molecular flexibility index (Phi) is 2.99. The first-order valence-electron chi connectivity index (χ1n) is 5.22. The molecule has 1 saturated carbocycles. The molecule has 76 valence electrons. The molecule has 0 aromatic rings. The Labute approximate surface area is 81.1 Å². The van der Waals surface area contributed by atoms with Crippen molar-refractivity contribution in [2.24, 2.45) is 11.3 Å². The first kappa shape index (κ1) is 10.6. The molecule has 0 spiro atoms. The molecule has 2 heteroatoms. The van der Waals surface area contributed by atoms with E-state index in [4.69, 9.17) is 0 Å². The number of carbonyl (C=O) groups excluding carboxylic acids is 1. The molecule has 0 heterocycles. The predicted molar refractivity (Wildman–Crippen MR) is 54.4 cm³/mol. The lowest BCUT2D eigenvalue weighted by atomic mass is 9.80. The summed E-state index contributed by atoms with van der Waals surface area (Å²) in [6.07, 6.45) is 3.90. The van der Waals surface area contributed by atoms with Gasteiger partial charge in [-0.2, -0.15) is 0 Å². The minimum atomic E-state index is -0.252. The molecule has 0 aromatic carbocycles. The molecule has 0 bridgehead atoms. The number of amides is 1. The fourth-order valence-corrected chi connectivity index (χ4v) is 1.48. The average molecular weight is 183 g/mol. The van der Waals surface area contributed by atoms with Gasteiger partial charge in [-0.15, -0.1) is 0 Å². The molecule has 1 aliphatic rings. The highest BCUT2D eigenvalue weighted by atomic mass is 16.2. The highest BCUT2D eigenvalue weighted by molar-refractivity contribution is 5.81. The number of rotatable bonds is 2. The van der Waals surface area contributed by atoms with Crippen LogP contribution in [-0.2, 0) is 4.79 Å². The molecule has 0 saturated heterocycles. The lowest BCUT2D eigenvalue weighted by Crippen LogP contribution is -2.45. The molecular weight excluding hydrogens is 162 g/mol. The summed E-state index contributed by atoms with van der Waals surface area (Å²) < 4.78 is 0. The fourth-order valence-electron chi connectivity index (χ4n) is 1.48. The van der Waals surface area contributed by atoms with Crippen molar-refractivity contribution in [3.05, 3.63) is 0 Å². The van der Waals surface area contributed by atoms with Crippen LogP contribution in [0.3, 0.4) is 0 Å². The van der Waals surface area contributed by atoms with Gasteiger partial charge in [0.2, 0.25) is 5.91 Å². The van der Waals surface area contributed by atoms with Crippen LogP contribution in [0.4, 0.5) is 0 Å². The summed E-state index contributed by atoms with van der Waals surface area (Å²) in [5, 5.41) is 3.08. The van der Waals surface area contributed by atoms with Gasteiger partial charge in [0.25, 0.3) is 0 Å². The fraction of sp³-hybridized carbons (Fsp3) is 0.909. The second-order valence-corrected chi connectivity index (χ2v) is 5.20. The maximum atomic E-state index is 11.6. The van der Waals surface area contributed by atoms with Gasteiger partial charge in [0.15, 0.2) is 0 Å². The van der Waals surface area contributed by atoms with E-state index in [9.17, 15) is 4.79 Å². The third kappa shape index (κ3) is 2.71. The van der Waals surface area contributed by atoms with Crippen LogP contribution in [0.1, 0.15) is 47.0 Å². The minimum Gasteiger partial charge on any atom is -0.353 e. The van der Waals surface area contributed by atoms with Crippen molar-refractivity contribution in [1.82, 2.24) is 5.32 Å². The van der Waals surface area contributed by atoms with Crippen LogP contribution >= 0.6 is 0 Å². The highest BCUT2D eigenvalue weighted by Gasteiger charge is 2.28. The lowest BCUT2D eigenvalue weighted by molar-refractivity contribution is -0.129.